The van der Waals surface area contributed by atoms with Crippen LogP contribution in [-0.4, -0.2) is 43.4 Å². The van der Waals surface area contributed by atoms with Crippen molar-refractivity contribution in [2.24, 2.45) is 15.6 Å². The molecule has 0 aromatic carbocycles. The Morgan fingerprint density at radius 1 is 1.39 bits per heavy atom. The summed E-state index contributed by atoms with van der Waals surface area (Å²) >= 11 is 0. The Morgan fingerprint density at radius 2 is 2.17 bits per heavy atom. The Balaban J connectivity index is 1.47. The van der Waals surface area contributed by atoms with Crippen molar-refractivity contribution >= 4 is 11.9 Å². The first-order valence-electron chi connectivity index (χ1n) is 7.89. The predicted octanol–water partition coefficient (Wildman–Crippen LogP) is 1.18. The molecule has 2 bridgehead atoms. The summed E-state index contributed by atoms with van der Waals surface area (Å²) in [6.45, 7) is 0.379. The zero-order valence-electron chi connectivity index (χ0n) is 13.2. The number of nitrogens with one attached hydrogen (secondary N) is 1. The maximum atomic E-state index is 12.2. The molecule has 3 rings (SSSR count). The van der Waals surface area contributed by atoms with E-state index in [1.165, 1.54) is 7.11 Å². The zero-order chi connectivity index (χ0) is 16.5. The molecule has 1 aliphatic carbocycles. The van der Waals surface area contributed by atoms with E-state index in [2.05, 4.69) is 21.5 Å². The molecule has 23 heavy (non-hydrogen) atoms. The van der Waals surface area contributed by atoms with Crippen molar-refractivity contribution in [2.45, 2.75) is 56.3 Å². The number of esters is 1. The molecule has 2 fully saturated rings. The van der Waals surface area contributed by atoms with E-state index in [0.29, 0.717) is 45.1 Å². The van der Waals surface area contributed by atoms with Crippen molar-refractivity contribution in [3.8, 4) is 12.3 Å². The smallest absolute Gasteiger partial charge is 0.314 e. The number of ether oxygens (including phenoxy) is 2. The first-order chi connectivity index (χ1) is 11.0. The van der Waals surface area contributed by atoms with Gasteiger partial charge in [-0.1, -0.05) is 0 Å². The second-order valence-electron chi connectivity index (χ2n) is 6.59. The van der Waals surface area contributed by atoms with Gasteiger partial charge in [0, 0.05) is 25.7 Å². The summed E-state index contributed by atoms with van der Waals surface area (Å²) in [4.78, 5) is 24.1. The number of amides is 1. The molecular weight excluding hydrogens is 298 g/mol. The highest BCUT2D eigenvalue weighted by molar-refractivity contribution is 5.79. The molecule has 1 saturated carbocycles. The van der Waals surface area contributed by atoms with Crippen molar-refractivity contribution in [1.82, 2.24) is 5.32 Å². The molecule has 2 heterocycles. The van der Waals surface area contributed by atoms with E-state index < -0.39 is 11.1 Å². The molecule has 3 aliphatic rings. The van der Waals surface area contributed by atoms with Gasteiger partial charge in [0.2, 0.25) is 5.91 Å². The summed E-state index contributed by atoms with van der Waals surface area (Å²) < 4.78 is 10.5. The first-order valence-corrected chi connectivity index (χ1v) is 7.89. The molecule has 124 valence electrons. The molecule has 0 aromatic rings. The van der Waals surface area contributed by atoms with E-state index in [-0.39, 0.29) is 24.0 Å². The molecule has 1 N–H and O–H groups in total. The number of fused-ring (bicyclic) bond motifs is 2. The Bertz CT molecular complexity index is 576. The third-order valence-electron chi connectivity index (χ3n) is 4.99. The standard InChI is InChI=1S/C16H21N3O4/c1-3-4-6-16(18-19-16)7-5-13(20)17-11-8-15(14(21)22-2)9-12(11)23-10-15/h1,11-12H,4-10H2,2H3,(H,17,20)/t11-,12-,15+/m1/s1. The van der Waals surface area contributed by atoms with Crippen LogP contribution in [0.25, 0.3) is 0 Å². The lowest BCUT2D eigenvalue weighted by atomic mass is 9.88. The van der Waals surface area contributed by atoms with Crippen LogP contribution < -0.4 is 5.32 Å². The second-order valence-corrected chi connectivity index (χ2v) is 6.59. The van der Waals surface area contributed by atoms with Crippen LogP contribution in [0, 0.1) is 17.8 Å². The highest BCUT2D eigenvalue weighted by Gasteiger charge is 2.57. The van der Waals surface area contributed by atoms with Gasteiger partial charge in [0.15, 0.2) is 5.66 Å². The predicted molar refractivity (Wildman–Crippen MR) is 80.2 cm³/mol. The molecule has 0 aromatic heterocycles. The lowest BCUT2D eigenvalue weighted by molar-refractivity contribution is -0.154. The normalized spacial score (nSPS) is 32.3. The van der Waals surface area contributed by atoms with E-state index in [1.54, 1.807) is 0 Å². The van der Waals surface area contributed by atoms with Crippen LogP contribution in [-0.2, 0) is 19.1 Å². The van der Waals surface area contributed by atoms with Crippen molar-refractivity contribution in [3.63, 3.8) is 0 Å². The maximum absolute atomic E-state index is 12.2. The minimum absolute atomic E-state index is 0.0662. The van der Waals surface area contributed by atoms with Gasteiger partial charge in [0.05, 0.1) is 31.3 Å². The lowest BCUT2D eigenvalue weighted by Crippen LogP contribution is -2.45. The molecule has 0 unspecified atom stereocenters. The minimum Gasteiger partial charge on any atom is -0.469 e. The van der Waals surface area contributed by atoms with Gasteiger partial charge >= 0.3 is 5.97 Å². The quantitative estimate of drug-likeness (QED) is 0.563. The molecule has 2 aliphatic heterocycles. The summed E-state index contributed by atoms with van der Waals surface area (Å²) in [5, 5.41) is 11.0. The van der Waals surface area contributed by atoms with Gasteiger partial charge in [-0.3, -0.25) is 9.59 Å². The molecular formula is C16H21N3O4. The largest absolute Gasteiger partial charge is 0.469 e. The summed E-state index contributed by atoms with van der Waals surface area (Å²) in [5.74, 6) is 2.25. The number of carbonyl (C=O) groups is 2. The van der Waals surface area contributed by atoms with Crippen LogP contribution in [0.4, 0.5) is 0 Å². The van der Waals surface area contributed by atoms with E-state index in [9.17, 15) is 9.59 Å². The molecule has 0 spiro atoms. The van der Waals surface area contributed by atoms with Gasteiger partial charge in [0.25, 0.3) is 0 Å². The fourth-order valence-electron chi connectivity index (χ4n) is 3.57. The second kappa shape index (κ2) is 5.93. The molecule has 0 radical (unpaired) electrons. The first kappa shape index (κ1) is 15.9. The Labute approximate surface area is 135 Å². The van der Waals surface area contributed by atoms with E-state index >= 15 is 0 Å². The van der Waals surface area contributed by atoms with E-state index in [4.69, 9.17) is 15.9 Å². The van der Waals surface area contributed by atoms with Crippen LogP contribution >= 0.6 is 0 Å². The number of nitrogens with zero attached hydrogens (tertiary/aromatic N) is 2. The molecule has 7 heteroatoms. The molecule has 3 atom stereocenters. The van der Waals surface area contributed by atoms with Gasteiger partial charge in [0.1, 0.15) is 0 Å². The molecule has 7 nitrogen and oxygen atoms in total. The minimum atomic E-state index is -0.591. The third-order valence-corrected chi connectivity index (χ3v) is 4.99. The highest BCUT2D eigenvalue weighted by atomic mass is 16.5. The summed E-state index contributed by atoms with van der Waals surface area (Å²) in [5.41, 5.74) is -1.03. The van der Waals surface area contributed by atoms with Crippen LogP contribution in [0.2, 0.25) is 0 Å². The van der Waals surface area contributed by atoms with E-state index in [1.807, 2.05) is 0 Å². The molecule has 1 saturated heterocycles. The average molecular weight is 319 g/mol. The summed E-state index contributed by atoms with van der Waals surface area (Å²) in [6, 6.07) is -0.134. The number of hydrogen-bond acceptors (Lipinski definition) is 6. The van der Waals surface area contributed by atoms with Crippen molar-refractivity contribution in [2.75, 3.05) is 13.7 Å². The van der Waals surface area contributed by atoms with Gasteiger partial charge in [-0.25, -0.2) is 0 Å². The topological polar surface area (TPSA) is 89.4 Å². The van der Waals surface area contributed by atoms with Crippen molar-refractivity contribution in [3.05, 3.63) is 0 Å². The fourth-order valence-corrected chi connectivity index (χ4v) is 3.57. The Kier molecular flexibility index (Phi) is 4.11. The number of methoxy groups -OCH3 is 1. The van der Waals surface area contributed by atoms with E-state index in [0.717, 1.165) is 0 Å². The maximum Gasteiger partial charge on any atom is 0.314 e. The number of terminal acetylenes is 1. The monoisotopic (exact) mass is 319 g/mol. The third kappa shape index (κ3) is 3.08. The zero-order valence-corrected chi connectivity index (χ0v) is 13.2. The van der Waals surface area contributed by atoms with Crippen LogP contribution in [0.1, 0.15) is 38.5 Å². The average Bonchev–Trinajstić information content (AvgIpc) is 3.07. The SMILES string of the molecule is C#CCCC1(CCC(=O)N[C@@H]2C[C@@]3(C(=O)OC)CO[C@@H]2C3)N=N1. The summed E-state index contributed by atoms with van der Waals surface area (Å²) in [6.07, 6.45) is 8.54. The lowest BCUT2D eigenvalue weighted by Gasteiger charge is -2.28. The van der Waals surface area contributed by atoms with Crippen LogP contribution in [0.5, 0.6) is 0 Å². The highest BCUT2D eigenvalue weighted by Crippen LogP contribution is 2.47. The Hall–Kier alpha value is -1.94. The van der Waals surface area contributed by atoms with Gasteiger partial charge in [-0.2, -0.15) is 10.2 Å². The molecule has 1 amide bonds. The Morgan fingerprint density at radius 3 is 2.83 bits per heavy atom. The summed E-state index contributed by atoms with van der Waals surface area (Å²) in [7, 11) is 1.38. The van der Waals surface area contributed by atoms with Gasteiger partial charge in [-0.15, -0.1) is 12.3 Å². The fraction of sp³-hybridized carbons (Fsp3) is 0.750. The van der Waals surface area contributed by atoms with Crippen LogP contribution in [0.3, 0.4) is 0 Å². The number of hydrogen-bond donors (Lipinski definition) is 1. The van der Waals surface area contributed by atoms with Crippen molar-refractivity contribution < 1.29 is 19.1 Å². The van der Waals surface area contributed by atoms with Crippen LogP contribution in [0.15, 0.2) is 10.2 Å². The number of carbonyl (C=O) groups excluding carboxylic acids is 2. The number of rotatable bonds is 7. The van der Waals surface area contributed by atoms with Gasteiger partial charge < -0.3 is 14.8 Å². The van der Waals surface area contributed by atoms with Crippen molar-refractivity contribution in [1.29, 1.82) is 0 Å². The van der Waals surface area contributed by atoms with Gasteiger partial charge in [-0.05, 0) is 12.8 Å².